The molecule has 3 aromatic rings. The number of alkyl carbamates (subject to hydrolysis) is 1. The van der Waals surface area contributed by atoms with E-state index < -0.39 is 11.7 Å². The Morgan fingerprint density at radius 3 is 2.86 bits per heavy atom. The van der Waals surface area contributed by atoms with Gasteiger partial charge in [0, 0.05) is 18.3 Å². The first-order chi connectivity index (χ1) is 13.8. The second-order valence-corrected chi connectivity index (χ2v) is 8.25. The first kappa shape index (κ1) is 19.1. The van der Waals surface area contributed by atoms with Crippen LogP contribution in [0.3, 0.4) is 0 Å². The van der Waals surface area contributed by atoms with Gasteiger partial charge in [0.05, 0.1) is 18.8 Å². The Morgan fingerprint density at radius 2 is 2.14 bits per heavy atom. The van der Waals surface area contributed by atoms with Crippen molar-refractivity contribution in [2.24, 2.45) is 0 Å². The van der Waals surface area contributed by atoms with Gasteiger partial charge in [-0.3, -0.25) is 4.68 Å². The fraction of sp³-hybridized carbons (Fsp3) is 0.450. The molecule has 1 saturated carbocycles. The van der Waals surface area contributed by atoms with E-state index in [4.69, 9.17) is 19.7 Å². The largest absolute Gasteiger partial charge is 0.490 e. The molecule has 1 aliphatic carbocycles. The number of nitrogens with one attached hydrogen (secondary N) is 1. The van der Waals surface area contributed by atoms with Crippen LogP contribution in [0, 0.1) is 0 Å². The molecule has 3 N–H and O–H groups in total. The third kappa shape index (κ3) is 4.79. The van der Waals surface area contributed by atoms with Crippen LogP contribution >= 0.6 is 0 Å². The molecule has 0 atom stereocenters. The van der Waals surface area contributed by atoms with Crippen molar-refractivity contribution in [1.82, 2.24) is 20.3 Å². The number of nitrogen functional groups attached to an aromatic ring is 1. The van der Waals surface area contributed by atoms with Crippen molar-refractivity contribution in [1.29, 1.82) is 0 Å². The van der Waals surface area contributed by atoms with E-state index >= 15 is 0 Å². The fourth-order valence-electron chi connectivity index (χ4n) is 2.92. The molecule has 1 aliphatic rings. The van der Waals surface area contributed by atoms with Crippen molar-refractivity contribution in [2.75, 3.05) is 5.73 Å². The number of fused-ring (bicyclic) bond motifs is 1. The lowest BCUT2D eigenvalue weighted by Gasteiger charge is -2.19. The summed E-state index contributed by atoms with van der Waals surface area (Å²) in [6, 6.07) is 3.84. The number of nitrogens with two attached hydrogens (primary N) is 1. The zero-order chi connectivity index (χ0) is 20.6. The van der Waals surface area contributed by atoms with Gasteiger partial charge >= 0.3 is 6.09 Å². The van der Waals surface area contributed by atoms with Gasteiger partial charge in [0.2, 0.25) is 0 Å². The molecule has 0 radical (unpaired) electrons. The van der Waals surface area contributed by atoms with E-state index in [0.29, 0.717) is 35.6 Å². The minimum absolute atomic E-state index is 0.234. The second kappa shape index (κ2) is 7.31. The Morgan fingerprint density at radius 1 is 1.34 bits per heavy atom. The van der Waals surface area contributed by atoms with Gasteiger partial charge in [0.1, 0.15) is 16.7 Å². The highest BCUT2D eigenvalue weighted by Crippen LogP contribution is 2.36. The van der Waals surface area contributed by atoms with Crippen molar-refractivity contribution in [2.45, 2.75) is 58.4 Å². The fourth-order valence-corrected chi connectivity index (χ4v) is 2.92. The van der Waals surface area contributed by atoms with Crippen molar-refractivity contribution in [3.63, 3.8) is 0 Å². The number of hydrogen-bond donors (Lipinski definition) is 2. The standard InChI is InChI=1S/C20H25N5O4/c1-20(2,3)28-19(26)22-8-13-9-23-25(11-13)10-12-6-15(27-14-4-5-14)17-16(7-12)29-24-18(17)21/h6-7,9,11,14H,4-5,8,10H2,1-3H3,(H2,21,24)(H,22,26). The van der Waals surface area contributed by atoms with Crippen LogP contribution in [0.2, 0.25) is 0 Å². The number of anilines is 1. The summed E-state index contributed by atoms with van der Waals surface area (Å²) >= 11 is 0. The van der Waals surface area contributed by atoms with E-state index in [2.05, 4.69) is 15.6 Å². The maximum Gasteiger partial charge on any atom is 0.407 e. The molecule has 9 nitrogen and oxygen atoms in total. The van der Waals surface area contributed by atoms with Gasteiger partial charge in [0.15, 0.2) is 11.4 Å². The summed E-state index contributed by atoms with van der Waals surface area (Å²) < 4.78 is 18.4. The maximum atomic E-state index is 11.8. The van der Waals surface area contributed by atoms with E-state index in [1.807, 2.05) is 39.1 Å². The number of rotatable bonds is 6. The minimum atomic E-state index is -0.530. The number of nitrogens with zero attached hydrogens (tertiary/aromatic N) is 3. The maximum absolute atomic E-state index is 11.8. The summed E-state index contributed by atoms with van der Waals surface area (Å²) in [5, 5.41) is 11.7. The highest BCUT2D eigenvalue weighted by atomic mass is 16.6. The molecule has 154 valence electrons. The van der Waals surface area contributed by atoms with E-state index in [0.717, 1.165) is 24.0 Å². The predicted octanol–water partition coefficient (Wildman–Crippen LogP) is 3.22. The van der Waals surface area contributed by atoms with Gasteiger partial charge in [-0.05, 0) is 51.3 Å². The summed E-state index contributed by atoms with van der Waals surface area (Å²) in [4.78, 5) is 11.8. The van der Waals surface area contributed by atoms with Gasteiger partial charge in [-0.15, -0.1) is 0 Å². The molecule has 9 heteroatoms. The summed E-state index contributed by atoms with van der Waals surface area (Å²) in [5.41, 5.74) is 7.82. The van der Waals surface area contributed by atoms with Crippen LogP contribution in [0.15, 0.2) is 29.0 Å². The summed E-state index contributed by atoms with van der Waals surface area (Å²) in [6.07, 6.45) is 5.45. The molecule has 0 aliphatic heterocycles. The smallest absolute Gasteiger partial charge is 0.407 e. The zero-order valence-corrected chi connectivity index (χ0v) is 16.8. The third-order valence-corrected chi connectivity index (χ3v) is 4.31. The monoisotopic (exact) mass is 399 g/mol. The molecule has 2 aromatic heterocycles. The van der Waals surface area contributed by atoms with Crippen molar-refractivity contribution < 1.29 is 18.8 Å². The average molecular weight is 399 g/mol. The highest BCUT2D eigenvalue weighted by Gasteiger charge is 2.26. The average Bonchev–Trinajstić information content (AvgIpc) is 3.19. The lowest BCUT2D eigenvalue weighted by atomic mass is 10.1. The third-order valence-electron chi connectivity index (χ3n) is 4.31. The van der Waals surface area contributed by atoms with Gasteiger partial charge in [-0.1, -0.05) is 5.16 Å². The number of amides is 1. The molecule has 0 spiro atoms. The summed E-state index contributed by atoms with van der Waals surface area (Å²) in [6.45, 7) is 6.33. The van der Waals surface area contributed by atoms with Crippen LogP contribution < -0.4 is 15.8 Å². The van der Waals surface area contributed by atoms with Gasteiger partial charge in [-0.2, -0.15) is 5.10 Å². The quantitative estimate of drug-likeness (QED) is 0.653. The molecule has 0 saturated heterocycles. The van der Waals surface area contributed by atoms with Gasteiger partial charge in [0.25, 0.3) is 0 Å². The lowest BCUT2D eigenvalue weighted by molar-refractivity contribution is 0.0523. The molecular weight excluding hydrogens is 374 g/mol. The SMILES string of the molecule is CC(C)(C)OC(=O)NCc1cnn(Cc2cc(OC3CC3)c3c(N)noc3c2)c1. The lowest BCUT2D eigenvalue weighted by Crippen LogP contribution is -2.32. The number of aromatic nitrogens is 3. The molecule has 4 rings (SSSR count). The number of carbonyl (C=O) groups is 1. The zero-order valence-electron chi connectivity index (χ0n) is 16.8. The number of benzene rings is 1. The van der Waals surface area contributed by atoms with Crippen LogP contribution in [0.1, 0.15) is 44.7 Å². The Bertz CT molecular complexity index is 1030. The minimum Gasteiger partial charge on any atom is -0.490 e. The van der Waals surface area contributed by atoms with E-state index in [1.165, 1.54) is 0 Å². The van der Waals surface area contributed by atoms with Crippen LogP contribution in [-0.4, -0.2) is 32.7 Å². The Hall–Kier alpha value is -3.23. The van der Waals surface area contributed by atoms with Crippen molar-refractivity contribution in [3.05, 3.63) is 35.7 Å². The van der Waals surface area contributed by atoms with E-state index in [1.54, 1.807) is 10.9 Å². The molecule has 1 amide bonds. The number of ether oxygens (including phenoxy) is 2. The Balaban J connectivity index is 1.44. The first-order valence-electron chi connectivity index (χ1n) is 9.59. The molecule has 2 heterocycles. The normalized spacial score (nSPS) is 14.2. The van der Waals surface area contributed by atoms with Crippen LogP contribution in [0.25, 0.3) is 11.0 Å². The van der Waals surface area contributed by atoms with Crippen molar-refractivity contribution >= 4 is 22.9 Å². The topological polar surface area (TPSA) is 117 Å². The van der Waals surface area contributed by atoms with Gasteiger partial charge in [-0.25, -0.2) is 4.79 Å². The molecule has 1 aromatic carbocycles. The molecular formula is C20H25N5O4. The van der Waals surface area contributed by atoms with Crippen LogP contribution in [-0.2, 0) is 17.8 Å². The molecule has 0 unspecified atom stereocenters. The number of hydrogen-bond acceptors (Lipinski definition) is 7. The van der Waals surface area contributed by atoms with Crippen LogP contribution in [0.5, 0.6) is 5.75 Å². The van der Waals surface area contributed by atoms with E-state index in [9.17, 15) is 4.79 Å². The Labute approximate surface area is 168 Å². The first-order valence-corrected chi connectivity index (χ1v) is 9.59. The van der Waals surface area contributed by atoms with Crippen LogP contribution in [0.4, 0.5) is 10.6 Å². The second-order valence-electron chi connectivity index (χ2n) is 8.25. The summed E-state index contributed by atoms with van der Waals surface area (Å²) in [7, 11) is 0. The van der Waals surface area contributed by atoms with Gasteiger partial charge < -0.3 is 25.0 Å². The molecule has 0 bridgehead atoms. The van der Waals surface area contributed by atoms with Crippen molar-refractivity contribution in [3.8, 4) is 5.75 Å². The van der Waals surface area contributed by atoms with E-state index in [-0.39, 0.29) is 6.10 Å². The highest BCUT2D eigenvalue weighted by molar-refractivity contribution is 5.93. The predicted molar refractivity (Wildman–Crippen MR) is 106 cm³/mol. The molecule has 1 fully saturated rings. The summed E-state index contributed by atoms with van der Waals surface area (Å²) in [5.74, 6) is 1.02. The Kier molecular flexibility index (Phi) is 4.81. The molecule has 29 heavy (non-hydrogen) atoms. The number of carbonyl (C=O) groups excluding carboxylic acids is 1.